The van der Waals surface area contributed by atoms with Gasteiger partial charge in [-0.3, -0.25) is 19.3 Å². The molecule has 4 N–H and O–H groups in total. The van der Waals surface area contributed by atoms with Gasteiger partial charge in [0.2, 0.25) is 5.91 Å². The van der Waals surface area contributed by atoms with E-state index < -0.39 is 0 Å². The number of hydrogen-bond acceptors (Lipinski definition) is 12. The number of benzene rings is 3. The van der Waals surface area contributed by atoms with Crippen LogP contribution in [0.25, 0.3) is 22.1 Å². The molecular weight excluding hydrogens is 860 g/mol. The van der Waals surface area contributed by atoms with Gasteiger partial charge in [-0.2, -0.15) is 0 Å². The van der Waals surface area contributed by atoms with Gasteiger partial charge >= 0.3 is 6.01 Å². The van der Waals surface area contributed by atoms with Crippen molar-refractivity contribution in [1.29, 1.82) is 0 Å². The zero-order chi connectivity index (χ0) is 45.9. The lowest BCUT2D eigenvalue weighted by Crippen LogP contribution is -2.41. The van der Waals surface area contributed by atoms with E-state index in [4.69, 9.17) is 16.6 Å². The van der Waals surface area contributed by atoms with E-state index in [0.717, 1.165) is 105 Å². The van der Waals surface area contributed by atoms with Crippen molar-refractivity contribution in [2.45, 2.75) is 85.2 Å². The zero-order valence-electron chi connectivity index (χ0n) is 37.8. The molecule has 3 aliphatic heterocycles. The molecule has 0 saturated carbocycles. The summed E-state index contributed by atoms with van der Waals surface area (Å²) in [6.07, 6.45) is 4.07. The second-order valence-corrected chi connectivity index (χ2v) is 19.7. The number of piperidine rings is 1. The van der Waals surface area contributed by atoms with Gasteiger partial charge in [0.05, 0.1) is 16.3 Å². The van der Waals surface area contributed by atoms with Crippen molar-refractivity contribution in [2.24, 2.45) is 16.8 Å². The summed E-state index contributed by atoms with van der Waals surface area (Å²) in [5.74, 6) is 2.39. The monoisotopic (exact) mass is 918 g/mol. The third kappa shape index (κ3) is 10.3. The molecule has 16 heteroatoms. The largest absolute Gasteiger partial charge is 0.508 e. The van der Waals surface area contributed by atoms with E-state index in [0.29, 0.717) is 34.2 Å². The smallest absolute Gasteiger partial charge is 0.319 e. The maximum Gasteiger partial charge on any atom is 0.319 e. The first-order valence-corrected chi connectivity index (χ1v) is 23.7. The number of likely N-dealkylation sites (tertiary alicyclic amines) is 2. The first kappa shape index (κ1) is 46.1. The van der Waals surface area contributed by atoms with Gasteiger partial charge in [0.15, 0.2) is 11.6 Å². The van der Waals surface area contributed by atoms with Crippen LogP contribution in [0, 0.1) is 18.8 Å². The van der Waals surface area contributed by atoms with Crippen LogP contribution < -0.4 is 5.32 Å². The molecule has 65 heavy (non-hydrogen) atoms. The minimum absolute atomic E-state index is 0.000935. The van der Waals surface area contributed by atoms with Gasteiger partial charge in [0.25, 0.3) is 0 Å². The maximum absolute atomic E-state index is 13.8. The van der Waals surface area contributed by atoms with Crippen molar-refractivity contribution in [2.75, 3.05) is 39.3 Å². The number of halogens is 1. The van der Waals surface area contributed by atoms with E-state index >= 15 is 0 Å². The van der Waals surface area contributed by atoms with Gasteiger partial charge in [0, 0.05) is 48.8 Å². The quantitative estimate of drug-likeness (QED) is 0.0882. The van der Waals surface area contributed by atoms with E-state index in [-0.39, 0.29) is 47.1 Å². The third-order valence-electron chi connectivity index (χ3n) is 13.0. The Hall–Kier alpha value is -5.48. The Balaban J connectivity index is 0.831. The topological polar surface area (TPSA) is 170 Å². The van der Waals surface area contributed by atoms with Gasteiger partial charge in [0.1, 0.15) is 23.4 Å². The summed E-state index contributed by atoms with van der Waals surface area (Å²) in [6, 6.07) is 18.2. The van der Waals surface area contributed by atoms with E-state index in [9.17, 15) is 20.1 Å². The molecule has 2 fully saturated rings. The van der Waals surface area contributed by atoms with Crippen molar-refractivity contribution >= 4 is 40.0 Å². The third-order valence-corrected chi connectivity index (χ3v) is 14.3. The van der Waals surface area contributed by atoms with Crippen LogP contribution in [0.3, 0.4) is 0 Å². The molecule has 2 atom stereocenters. The van der Waals surface area contributed by atoms with Gasteiger partial charge < -0.3 is 25.5 Å². The number of nitrogens with one attached hydrogen (secondary N) is 1. The van der Waals surface area contributed by atoms with E-state index in [1.165, 1.54) is 21.1 Å². The Bertz CT molecular complexity index is 2600. The number of aliphatic imine (C=N–C) groups is 1. The minimum atomic E-state index is -0.304. The lowest BCUT2D eigenvalue weighted by atomic mass is 9.95. The van der Waals surface area contributed by atoms with Crippen LogP contribution in [0.2, 0.25) is 5.02 Å². The summed E-state index contributed by atoms with van der Waals surface area (Å²) in [7, 11) is 0. The number of aromatic hydroxyl groups is 3. The number of rotatable bonds is 12. The number of carbonyl (C=O) groups excluding carboxylic acids is 1. The molecule has 8 rings (SSSR count). The SMILES string of the molecule is C=C1S/C(C)=C(/C)C/C(c2ccc(Cl)cc2)=N\[C@@H](CCNCC2CCN(C(=O)C3CCN(Cc4ccc(-n5c(O)nnc5-c5cc(C(C)C)c(O)cc5O)cc4)CC3)C2)c2nnc(C)n21. The second kappa shape index (κ2) is 19.9. The molecule has 5 heterocycles. The van der Waals surface area contributed by atoms with Crippen molar-refractivity contribution in [3.05, 3.63) is 111 Å². The molecule has 342 valence electrons. The van der Waals surface area contributed by atoms with Crippen molar-refractivity contribution in [3.63, 3.8) is 0 Å². The summed E-state index contributed by atoms with van der Waals surface area (Å²) in [5, 5.41) is 54.1. The van der Waals surface area contributed by atoms with Crippen LogP contribution in [-0.4, -0.2) is 106 Å². The molecule has 1 unspecified atom stereocenters. The van der Waals surface area contributed by atoms with E-state index in [2.05, 4.69) is 55.9 Å². The number of aromatic nitrogens is 6. The number of hydrogen-bond donors (Lipinski definition) is 4. The summed E-state index contributed by atoms with van der Waals surface area (Å²) in [4.78, 5) is 24.8. The first-order chi connectivity index (χ1) is 31.2. The lowest BCUT2D eigenvalue weighted by Gasteiger charge is -2.33. The predicted octanol–water partition coefficient (Wildman–Crippen LogP) is 8.86. The summed E-state index contributed by atoms with van der Waals surface area (Å²) in [6.45, 7) is 20.1. The fraction of sp³-hybridized carbons (Fsp3) is 0.429. The Labute approximate surface area is 390 Å². The molecule has 0 aliphatic carbocycles. The van der Waals surface area contributed by atoms with Gasteiger partial charge in [-0.1, -0.05) is 78.7 Å². The molecule has 0 spiro atoms. The fourth-order valence-electron chi connectivity index (χ4n) is 9.16. The normalized spacial score (nSPS) is 20.9. The molecule has 3 aliphatic rings. The number of aryl methyl sites for hydroxylation is 1. The van der Waals surface area contributed by atoms with Crippen molar-refractivity contribution in [1.82, 2.24) is 44.6 Å². The number of carbonyl (C=O) groups is 1. The van der Waals surface area contributed by atoms with Crippen LogP contribution >= 0.6 is 23.4 Å². The molecule has 0 radical (unpaired) electrons. The molecule has 5 aromatic rings. The molecule has 2 aromatic heterocycles. The Morgan fingerprint density at radius 2 is 1.65 bits per heavy atom. The predicted molar refractivity (Wildman–Crippen MR) is 257 cm³/mol. The van der Waals surface area contributed by atoms with Gasteiger partial charge in [-0.15, -0.1) is 15.3 Å². The van der Waals surface area contributed by atoms with Crippen molar-refractivity contribution in [3.8, 4) is 34.6 Å². The number of fused-ring (bicyclic) bond motifs is 1. The lowest BCUT2D eigenvalue weighted by molar-refractivity contribution is -0.136. The number of thioether (sulfide) groups is 1. The molecule has 14 nitrogen and oxygen atoms in total. The molecule has 1 amide bonds. The van der Waals surface area contributed by atoms with E-state index in [1.54, 1.807) is 17.8 Å². The number of amides is 1. The minimum Gasteiger partial charge on any atom is -0.508 e. The highest BCUT2D eigenvalue weighted by atomic mass is 35.5. The van der Waals surface area contributed by atoms with Crippen LogP contribution in [0.1, 0.15) is 100 Å². The average molecular weight is 920 g/mol. The fourth-order valence-corrected chi connectivity index (χ4v) is 10.2. The Morgan fingerprint density at radius 1 is 0.908 bits per heavy atom. The first-order valence-electron chi connectivity index (χ1n) is 22.5. The van der Waals surface area contributed by atoms with Gasteiger partial charge in [-0.05, 0) is 136 Å². The molecular formula is C49H59ClN10O4S. The molecule has 3 aromatic carbocycles. The standard InChI is InChI=1S/C49H59ClN10O4S/c1-29(2)40-24-41(45(62)25-44(40)61)46-54-56-49(64)60(46)39-13-7-34(8-14-39)27-57-20-17-37(18-21-57)48(63)58-22-16-35(28-58)26-51-19-15-42-47-55-53-32(5)59(47)33(6)65-31(4)30(3)23-43(52-42)36-9-11-38(50)12-10-36/h7-14,24-25,29,35,37,42,51,61-62H,6,15-23,26-28H2,1-5H3,(H,56,64)/b31-30-,52-43+/t35?,42-/m0/s1. The van der Waals surface area contributed by atoms with E-state index in [1.807, 2.05) is 73.9 Å². The summed E-state index contributed by atoms with van der Waals surface area (Å²) < 4.78 is 3.53. The highest BCUT2D eigenvalue weighted by Crippen LogP contribution is 2.40. The number of nitrogens with zero attached hydrogens (tertiary/aromatic N) is 9. The maximum atomic E-state index is 13.8. The second-order valence-electron chi connectivity index (χ2n) is 17.9. The Kier molecular flexibility index (Phi) is 14.1. The summed E-state index contributed by atoms with van der Waals surface area (Å²) >= 11 is 7.92. The number of phenols is 2. The molecule has 2 saturated heterocycles. The molecule has 0 bridgehead atoms. The van der Waals surface area contributed by atoms with Crippen LogP contribution in [0.15, 0.2) is 82.7 Å². The highest BCUT2D eigenvalue weighted by Gasteiger charge is 2.33. The van der Waals surface area contributed by atoms with Crippen LogP contribution in [-0.2, 0) is 11.3 Å². The van der Waals surface area contributed by atoms with Gasteiger partial charge in [-0.25, -0.2) is 4.57 Å². The highest BCUT2D eigenvalue weighted by molar-refractivity contribution is 8.11. The zero-order valence-corrected chi connectivity index (χ0v) is 39.4. The van der Waals surface area contributed by atoms with Crippen molar-refractivity contribution < 1.29 is 20.1 Å². The number of allylic oxidation sites excluding steroid dienone is 2. The van der Waals surface area contributed by atoms with Crippen LogP contribution in [0.5, 0.6) is 17.5 Å². The summed E-state index contributed by atoms with van der Waals surface area (Å²) in [5.41, 5.74) is 6.03. The Morgan fingerprint density at radius 3 is 2.37 bits per heavy atom. The average Bonchev–Trinajstić information content (AvgIpc) is 4.03. The number of phenolic OH excluding ortho intramolecular Hbond substituents is 2. The van der Waals surface area contributed by atoms with Crippen LogP contribution in [0.4, 0.5) is 0 Å².